The maximum absolute atomic E-state index is 12.0. The van der Waals surface area contributed by atoms with E-state index in [9.17, 15) is 4.79 Å². The van der Waals surface area contributed by atoms with Crippen LogP contribution in [0, 0.1) is 0 Å². The minimum absolute atomic E-state index is 0.303. The van der Waals surface area contributed by atoms with Crippen molar-refractivity contribution in [2.24, 2.45) is 0 Å². The SMILES string of the molecule is CCCNc1nnc(C(=O)Nc2ccc(OCC)nc2)s1. The van der Waals surface area contributed by atoms with Gasteiger partial charge in [0.25, 0.3) is 5.91 Å². The van der Waals surface area contributed by atoms with Gasteiger partial charge >= 0.3 is 0 Å². The Hall–Kier alpha value is -2.22. The zero-order valence-corrected chi connectivity index (χ0v) is 12.7. The highest BCUT2D eigenvalue weighted by Crippen LogP contribution is 2.17. The van der Waals surface area contributed by atoms with E-state index in [4.69, 9.17) is 4.74 Å². The summed E-state index contributed by atoms with van der Waals surface area (Å²) in [5.41, 5.74) is 0.585. The number of hydrogen-bond donors (Lipinski definition) is 2. The standard InChI is InChI=1S/C13H17N5O2S/c1-3-7-14-13-18-17-12(21-13)11(19)16-9-5-6-10(15-8-9)20-4-2/h5-6,8H,3-4,7H2,1-2H3,(H,14,18)(H,16,19). The van der Waals surface area contributed by atoms with Crippen LogP contribution in [0.3, 0.4) is 0 Å². The number of nitrogens with one attached hydrogen (secondary N) is 2. The van der Waals surface area contributed by atoms with Crippen molar-refractivity contribution >= 4 is 28.1 Å². The van der Waals surface area contributed by atoms with Crippen LogP contribution in [-0.4, -0.2) is 34.2 Å². The van der Waals surface area contributed by atoms with Gasteiger partial charge in [-0.3, -0.25) is 4.79 Å². The summed E-state index contributed by atoms with van der Waals surface area (Å²) in [6, 6.07) is 3.43. The topological polar surface area (TPSA) is 89.0 Å². The number of anilines is 2. The van der Waals surface area contributed by atoms with E-state index in [1.165, 1.54) is 11.3 Å². The lowest BCUT2D eigenvalue weighted by molar-refractivity contribution is 0.102. The minimum Gasteiger partial charge on any atom is -0.478 e. The molecule has 0 aliphatic carbocycles. The first-order chi connectivity index (χ1) is 10.2. The highest BCUT2D eigenvalue weighted by atomic mass is 32.1. The van der Waals surface area contributed by atoms with E-state index in [0.717, 1.165) is 13.0 Å². The molecule has 0 bridgehead atoms. The summed E-state index contributed by atoms with van der Waals surface area (Å²) >= 11 is 1.22. The summed E-state index contributed by atoms with van der Waals surface area (Å²) in [6.07, 6.45) is 2.53. The molecule has 0 aliphatic heterocycles. The fourth-order valence-corrected chi connectivity index (χ4v) is 2.15. The second-order valence-corrected chi connectivity index (χ2v) is 5.09. The van der Waals surface area contributed by atoms with Crippen LogP contribution < -0.4 is 15.4 Å². The lowest BCUT2D eigenvalue weighted by Crippen LogP contribution is -2.11. The second kappa shape index (κ2) is 7.53. The van der Waals surface area contributed by atoms with Crippen molar-refractivity contribution in [2.75, 3.05) is 23.8 Å². The summed E-state index contributed by atoms with van der Waals surface area (Å²) < 4.78 is 5.24. The first-order valence-electron chi connectivity index (χ1n) is 6.70. The van der Waals surface area contributed by atoms with Crippen molar-refractivity contribution in [1.29, 1.82) is 0 Å². The summed E-state index contributed by atoms with van der Waals surface area (Å²) in [5, 5.41) is 14.5. The molecular formula is C13H17N5O2S. The third kappa shape index (κ3) is 4.38. The Morgan fingerprint density at radius 3 is 2.86 bits per heavy atom. The molecule has 2 heterocycles. The molecule has 0 radical (unpaired) electrons. The lowest BCUT2D eigenvalue weighted by atomic mass is 10.4. The van der Waals surface area contributed by atoms with Crippen molar-refractivity contribution in [3.63, 3.8) is 0 Å². The third-order valence-corrected chi connectivity index (χ3v) is 3.31. The van der Waals surface area contributed by atoms with Gasteiger partial charge in [0.2, 0.25) is 16.0 Å². The molecule has 2 aromatic heterocycles. The quantitative estimate of drug-likeness (QED) is 0.816. The van der Waals surface area contributed by atoms with Crippen molar-refractivity contribution < 1.29 is 9.53 Å². The van der Waals surface area contributed by atoms with Gasteiger partial charge in [0.1, 0.15) is 0 Å². The van der Waals surface area contributed by atoms with Gasteiger partial charge in [-0.15, -0.1) is 10.2 Å². The van der Waals surface area contributed by atoms with Gasteiger partial charge in [0.05, 0.1) is 18.5 Å². The van der Waals surface area contributed by atoms with Gasteiger partial charge in [-0.25, -0.2) is 4.98 Å². The minimum atomic E-state index is -0.303. The van der Waals surface area contributed by atoms with Crippen molar-refractivity contribution in [3.8, 4) is 5.88 Å². The molecule has 0 aromatic carbocycles. The first-order valence-corrected chi connectivity index (χ1v) is 7.52. The average Bonchev–Trinajstić information content (AvgIpc) is 2.96. The van der Waals surface area contributed by atoms with Crippen molar-refractivity contribution in [1.82, 2.24) is 15.2 Å². The van der Waals surface area contributed by atoms with Crippen molar-refractivity contribution in [3.05, 3.63) is 23.3 Å². The zero-order valence-electron chi connectivity index (χ0n) is 11.9. The summed E-state index contributed by atoms with van der Waals surface area (Å²) in [5.74, 6) is 0.223. The molecule has 21 heavy (non-hydrogen) atoms. The number of amides is 1. The number of aromatic nitrogens is 3. The average molecular weight is 307 g/mol. The van der Waals surface area contributed by atoms with Crippen LogP contribution in [0.4, 0.5) is 10.8 Å². The summed E-state index contributed by atoms with van der Waals surface area (Å²) in [6.45, 7) is 5.30. The number of hydrogen-bond acceptors (Lipinski definition) is 7. The number of ether oxygens (including phenoxy) is 1. The maximum Gasteiger partial charge on any atom is 0.286 e. The van der Waals surface area contributed by atoms with Crippen LogP contribution in [-0.2, 0) is 0 Å². The Balaban J connectivity index is 1.95. The van der Waals surface area contributed by atoms with E-state index in [-0.39, 0.29) is 5.91 Å². The molecule has 2 rings (SSSR count). The van der Waals surface area contributed by atoms with E-state index >= 15 is 0 Å². The lowest BCUT2D eigenvalue weighted by Gasteiger charge is -2.04. The molecule has 2 N–H and O–H groups in total. The zero-order chi connectivity index (χ0) is 15.1. The van der Waals surface area contributed by atoms with Gasteiger partial charge in [-0.05, 0) is 19.4 Å². The van der Waals surface area contributed by atoms with E-state index in [0.29, 0.717) is 28.3 Å². The third-order valence-electron chi connectivity index (χ3n) is 2.43. The van der Waals surface area contributed by atoms with Crippen molar-refractivity contribution in [2.45, 2.75) is 20.3 Å². The molecule has 0 aliphatic rings. The van der Waals surface area contributed by atoms with E-state index in [1.807, 2.05) is 6.92 Å². The number of nitrogens with zero attached hydrogens (tertiary/aromatic N) is 3. The molecule has 0 spiro atoms. The number of pyridine rings is 1. The second-order valence-electron chi connectivity index (χ2n) is 4.11. The van der Waals surface area contributed by atoms with Gasteiger partial charge in [0.15, 0.2) is 0 Å². The first kappa shape index (κ1) is 15.2. The van der Waals surface area contributed by atoms with Crippen LogP contribution >= 0.6 is 11.3 Å². The molecular weight excluding hydrogens is 290 g/mol. The predicted molar refractivity (Wildman–Crippen MR) is 82.0 cm³/mol. The van der Waals surface area contributed by atoms with Crippen LogP contribution in [0.1, 0.15) is 30.1 Å². The van der Waals surface area contributed by atoms with Gasteiger partial charge < -0.3 is 15.4 Å². The van der Waals surface area contributed by atoms with E-state index in [1.54, 1.807) is 18.3 Å². The maximum atomic E-state index is 12.0. The highest BCUT2D eigenvalue weighted by Gasteiger charge is 2.13. The molecule has 8 heteroatoms. The normalized spacial score (nSPS) is 10.2. The van der Waals surface area contributed by atoms with Gasteiger partial charge in [-0.1, -0.05) is 18.3 Å². The molecule has 0 saturated carbocycles. The molecule has 0 atom stereocenters. The molecule has 7 nitrogen and oxygen atoms in total. The van der Waals surface area contributed by atoms with Crippen LogP contribution in [0.25, 0.3) is 0 Å². The number of carbonyl (C=O) groups excluding carboxylic acids is 1. The highest BCUT2D eigenvalue weighted by molar-refractivity contribution is 7.17. The summed E-state index contributed by atoms with van der Waals surface area (Å²) in [4.78, 5) is 16.1. The monoisotopic (exact) mass is 307 g/mol. The van der Waals surface area contributed by atoms with Crippen LogP contribution in [0.5, 0.6) is 5.88 Å². The fourth-order valence-electron chi connectivity index (χ4n) is 1.49. The van der Waals surface area contributed by atoms with Crippen LogP contribution in [0.2, 0.25) is 0 Å². The Kier molecular flexibility index (Phi) is 5.44. The Bertz CT molecular complexity index is 585. The Morgan fingerprint density at radius 2 is 2.19 bits per heavy atom. The van der Waals surface area contributed by atoms with Crippen LogP contribution in [0.15, 0.2) is 18.3 Å². The molecule has 1 amide bonds. The molecule has 0 unspecified atom stereocenters. The molecule has 112 valence electrons. The number of rotatable bonds is 7. The van der Waals surface area contributed by atoms with E-state index in [2.05, 4.69) is 32.7 Å². The van der Waals surface area contributed by atoms with Gasteiger partial charge in [-0.2, -0.15) is 0 Å². The smallest absolute Gasteiger partial charge is 0.286 e. The fraction of sp³-hybridized carbons (Fsp3) is 0.385. The van der Waals surface area contributed by atoms with E-state index < -0.39 is 0 Å². The molecule has 0 fully saturated rings. The molecule has 0 saturated heterocycles. The Morgan fingerprint density at radius 1 is 1.33 bits per heavy atom. The summed E-state index contributed by atoms with van der Waals surface area (Å²) in [7, 11) is 0. The Labute approximate surface area is 126 Å². The van der Waals surface area contributed by atoms with Gasteiger partial charge in [0, 0.05) is 12.6 Å². The predicted octanol–water partition coefficient (Wildman–Crippen LogP) is 2.41. The largest absolute Gasteiger partial charge is 0.478 e. The molecule has 2 aromatic rings. The number of carbonyl (C=O) groups is 1.